The molecule has 0 aliphatic carbocycles. The van der Waals surface area contributed by atoms with Gasteiger partial charge in [-0.1, -0.05) is 19.6 Å². The van der Waals surface area contributed by atoms with E-state index in [0.717, 1.165) is 0 Å². The molecular formula is C4H12PrSi-. The maximum atomic E-state index is 2.27. The molecule has 0 spiro atoms. The molecule has 0 aliphatic rings. The van der Waals surface area contributed by atoms with Crippen molar-refractivity contribution in [2.24, 2.45) is 0 Å². The van der Waals surface area contributed by atoms with E-state index in [2.05, 4.69) is 19.6 Å². The summed E-state index contributed by atoms with van der Waals surface area (Å²) in [5.41, 5.74) is 0. The van der Waals surface area contributed by atoms with Crippen LogP contribution in [0.4, 0.5) is 0 Å². The van der Waals surface area contributed by atoms with Crippen molar-refractivity contribution >= 4 is 8.80 Å². The Labute approximate surface area is 76.3 Å². The summed E-state index contributed by atoms with van der Waals surface area (Å²) in [6, 6.07) is 0. The van der Waals surface area contributed by atoms with Crippen molar-refractivity contribution in [3.8, 4) is 0 Å². The first-order valence-corrected chi connectivity index (χ1v) is 4.50. The molecule has 0 nitrogen and oxygen atoms in total. The summed E-state index contributed by atoms with van der Waals surface area (Å²) in [4.78, 5) is 0. The molecule has 0 amide bonds. The quantitative estimate of drug-likeness (QED) is 0.439. The second-order valence-electron chi connectivity index (χ2n) is 1.50. The van der Waals surface area contributed by atoms with E-state index >= 15 is 0 Å². The van der Waals surface area contributed by atoms with Crippen LogP contribution < -0.4 is 0 Å². The Balaban J connectivity index is -0.0000000450. The van der Waals surface area contributed by atoms with Gasteiger partial charge in [-0.25, -0.2) is 0 Å². The van der Waals surface area contributed by atoms with Gasteiger partial charge in [0, 0.05) is 50.1 Å². The Kier molecular flexibility index (Phi) is 25.5. The summed E-state index contributed by atoms with van der Waals surface area (Å²) >= 11 is 0. The summed E-state index contributed by atoms with van der Waals surface area (Å²) in [6.45, 7) is 6.81. The van der Waals surface area contributed by atoms with Crippen molar-refractivity contribution < 1.29 is 41.3 Å². The molecule has 0 fully saturated rings. The number of hydrogen-bond donors (Lipinski definition) is 0. The molecule has 0 saturated carbocycles. The second kappa shape index (κ2) is 9.77. The van der Waals surface area contributed by atoms with E-state index in [9.17, 15) is 0 Å². The monoisotopic (exact) mass is 229 g/mol. The minimum atomic E-state index is 0. The standard InChI is InChI=1S/C3H9Si.CH3.Pr/c1-4(2)3;;/h1-3H3;1H3;/q;-1;. The maximum absolute atomic E-state index is 2.27. The average Bonchev–Trinajstić information content (AvgIpc) is 0.811. The fourth-order valence-corrected chi connectivity index (χ4v) is 0. The SMILES string of the molecule is C[Si](C)C.[CH3-].[Pr]. The van der Waals surface area contributed by atoms with Gasteiger partial charge in [-0.2, -0.15) is 0 Å². The number of hydrogen-bond acceptors (Lipinski definition) is 0. The van der Waals surface area contributed by atoms with E-state index in [-0.39, 0.29) is 57.5 Å². The summed E-state index contributed by atoms with van der Waals surface area (Å²) < 4.78 is 0. The molecule has 0 rings (SSSR count). The van der Waals surface area contributed by atoms with Gasteiger partial charge in [-0.3, -0.25) is 0 Å². The third kappa shape index (κ3) is 46.9. The Bertz CT molecular complexity index is 12.3. The van der Waals surface area contributed by atoms with Gasteiger partial charge >= 0.3 is 0 Å². The van der Waals surface area contributed by atoms with Crippen LogP contribution in [0, 0.1) is 48.7 Å². The molecule has 0 saturated heterocycles. The number of rotatable bonds is 0. The van der Waals surface area contributed by atoms with E-state index in [1.54, 1.807) is 0 Å². The van der Waals surface area contributed by atoms with Crippen LogP contribution in [0.5, 0.6) is 0 Å². The summed E-state index contributed by atoms with van der Waals surface area (Å²) in [6.07, 6.45) is 0. The Morgan fingerprint density at radius 2 is 1.00 bits per heavy atom. The van der Waals surface area contributed by atoms with Gasteiger partial charge < -0.3 is 7.43 Å². The Hall–Kier alpha value is 1.58. The fraction of sp³-hybridized carbons (Fsp3) is 0.750. The van der Waals surface area contributed by atoms with E-state index in [0.29, 0.717) is 0 Å². The van der Waals surface area contributed by atoms with Crippen LogP contribution in [0.2, 0.25) is 19.6 Å². The molecule has 2 heteroatoms. The average molecular weight is 229 g/mol. The Morgan fingerprint density at radius 3 is 1.00 bits per heavy atom. The van der Waals surface area contributed by atoms with E-state index in [1.165, 1.54) is 0 Å². The molecule has 0 bridgehead atoms. The first-order valence-electron chi connectivity index (χ1n) is 1.50. The zero-order chi connectivity index (χ0) is 3.58. The first kappa shape index (κ1) is 15.6. The molecule has 36 valence electrons. The Morgan fingerprint density at radius 1 is 1.00 bits per heavy atom. The van der Waals surface area contributed by atoms with E-state index < -0.39 is 0 Å². The topological polar surface area (TPSA) is 0 Å². The zero-order valence-electron chi connectivity index (χ0n) is 5.08. The van der Waals surface area contributed by atoms with Gasteiger partial charge in [0.2, 0.25) is 0 Å². The van der Waals surface area contributed by atoms with E-state index in [4.69, 9.17) is 0 Å². The normalized spacial score (nSPS) is 6.00. The van der Waals surface area contributed by atoms with Gasteiger partial charge in [0.1, 0.15) is 0 Å². The molecule has 0 heterocycles. The van der Waals surface area contributed by atoms with Crippen LogP contribution in [0.3, 0.4) is 0 Å². The van der Waals surface area contributed by atoms with Crippen LogP contribution in [0.15, 0.2) is 0 Å². The molecule has 2 radical (unpaired) electrons. The molecule has 0 aromatic heterocycles. The molecule has 0 aromatic rings. The third-order valence-corrected chi connectivity index (χ3v) is 0. The minimum absolute atomic E-state index is 0. The van der Waals surface area contributed by atoms with Crippen molar-refractivity contribution in [2.75, 3.05) is 0 Å². The maximum Gasteiger partial charge on any atom is 0.0379 e. The molecule has 0 aliphatic heterocycles. The fourth-order valence-electron chi connectivity index (χ4n) is 0. The van der Waals surface area contributed by atoms with Crippen LogP contribution in [-0.2, 0) is 0 Å². The molecule has 0 unspecified atom stereocenters. The molecule has 0 atom stereocenters. The largest absolute Gasteiger partial charge is 0.358 e. The summed E-state index contributed by atoms with van der Waals surface area (Å²) in [7, 11) is 0.120. The predicted octanol–water partition coefficient (Wildman–Crippen LogP) is 1.82. The van der Waals surface area contributed by atoms with Crippen LogP contribution in [-0.4, -0.2) is 8.80 Å². The van der Waals surface area contributed by atoms with Crippen molar-refractivity contribution in [3.63, 3.8) is 0 Å². The van der Waals surface area contributed by atoms with Crippen molar-refractivity contribution in [1.29, 1.82) is 0 Å². The van der Waals surface area contributed by atoms with Gasteiger partial charge in [0.15, 0.2) is 0 Å². The van der Waals surface area contributed by atoms with Crippen LogP contribution >= 0.6 is 0 Å². The van der Waals surface area contributed by atoms with Gasteiger partial charge in [-0.15, -0.1) is 0 Å². The van der Waals surface area contributed by atoms with Crippen LogP contribution in [0.25, 0.3) is 0 Å². The molecular weight excluding hydrogens is 217 g/mol. The van der Waals surface area contributed by atoms with Gasteiger partial charge in [0.05, 0.1) is 0 Å². The summed E-state index contributed by atoms with van der Waals surface area (Å²) in [5.74, 6) is 0. The van der Waals surface area contributed by atoms with Crippen molar-refractivity contribution in [1.82, 2.24) is 0 Å². The second-order valence-corrected chi connectivity index (χ2v) is 4.50. The zero-order valence-corrected chi connectivity index (χ0v) is 9.78. The third-order valence-electron chi connectivity index (χ3n) is 0. The van der Waals surface area contributed by atoms with Gasteiger partial charge in [-0.05, 0) is 0 Å². The molecule has 0 N–H and O–H groups in total. The van der Waals surface area contributed by atoms with Gasteiger partial charge in [0.25, 0.3) is 0 Å². The predicted molar refractivity (Wildman–Crippen MR) is 29.8 cm³/mol. The summed E-state index contributed by atoms with van der Waals surface area (Å²) in [5, 5.41) is 0. The van der Waals surface area contributed by atoms with Crippen molar-refractivity contribution in [3.05, 3.63) is 7.43 Å². The molecule has 0 aromatic carbocycles. The van der Waals surface area contributed by atoms with Crippen molar-refractivity contribution in [2.45, 2.75) is 19.6 Å². The first-order chi connectivity index (χ1) is 1.73. The minimum Gasteiger partial charge on any atom is -0.358 e. The smallest absolute Gasteiger partial charge is 0.0379 e. The molecule has 6 heavy (non-hydrogen) atoms. The van der Waals surface area contributed by atoms with E-state index in [1.807, 2.05) is 0 Å². The van der Waals surface area contributed by atoms with Crippen LogP contribution in [0.1, 0.15) is 0 Å².